The second-order valence-electron chi connectivity index (χ2n) is 2.85. The van der Waals surface area contributed by atoms with Crippen molar-refractivity contribution < 1.29 is 14.7 Å². The van der Waals surface area contributed by atoms with Gasteiger partial charge in [-0.3, -0.25) is 4.79 Å². The van der Waals surface area contributed by atoms with Crippen LogP contribution in [0.4, 0.5) is 0 Å². The average Bonchev–Trinajstić information content (AvgIpc) is 2.18. The maximum atomic E-state index is 11.5. The molecule has 1 amide bonds. The molecule has 0 aliphatic heterocycles. The van der Waals surface area contributed by atoms with Crippen molar-refractivity contribution in [2.45, 2.75) is 19.8 Å². The lowest BCUT2D eigenvalue weighted by atomic mass is 10.1. The minimum absolute atomic E-state index is 0.109. The number of nitrogens with zero attached hydrogens (tertiary/aromatic N) is 1. The number of carbonyl (C=O) groups is 2. The zero-order chi connectivity index (χ0) is 11.8. The van der Waals surface area contributed by atoms with Crippen LogP contribution in [-0.4, -0.2) is 36.2 Å². The monoisotopic (exact) mass is 215 g/mol. The van der Waals surface area contributed by atoms with Crippen LogP contribution < -0.4 is 10.9 Å². The maximum absolute atomic E-state index is 11.5. The Morgan fingerprint density at radius 3 is 2.20 bits per heavy atom. The van der Waals surface area contributed by atoms with Crippen LogP contribution in [0.1, 0.15) is 19.8 Å². The summed E-state index contributed by atoms with van der Waals surface area (Å²) in [5, 5.41) is 9.90. The summed E-state index contributed by atoms with van der Waals surface area (Å²) >= 11 is 0. The number of hydrazine groups is 2. The van der Waals surface area contributed by atoms with Crippen molar-refractivity contribution in [1.82, 2.24) is 16.0 Å². The van der Waals surface area contributed by atoms with Gasteiger partial charge in [0.05, 0.1) is 0 Å². The Morgan fingerprint density at radius 2 is 1.87 bits per heavy atom. The number of nitrogens with one attached hydrogen (secondary N) is 2. The predicted molar refractivity (Wildman–Crippen MR) is 55.6 cm³/mol. The summed E-state index contributed by atoms with van der Waals surface area (Å²) in [4.78, 5) is 22.2. The highest BCUT2D eigenvalue weighted by molar-refractivity contribution is 5.97. The second-order valence-corrected chi connectivity index (χ2v) is 2.85. The Balaban J connectivity index is 4.66. The largest absolute Gasteiger partial charge is 0.478 e. The van der Waals surface area contributed by atoms with E-state index < -0.39 is 11.9 Å². The molecule has 0 saturated carbocycles. The zero-order valence-electron chi connectivity index (χ0n) is 9.20. The lowest BCUT2D eigenvalue weighted by Crippen LogP contribution is -2.47. The normalized spacial score (nSPS) is 11.3. The second kappa shape index (κ2) is 6.97. The average molecular weight is 215 g/mol. The van der Waals surface area contributed by atoms with Gasteiger partial charge in [-0.1, -0.05) is 13.3 Å². The van der Waals surface area contributed by atoms with Crippen LogP contribution in [0.25, 0.3) is 0 Å². The van der Waals surface area contributed by atoms with Crippen molar-refractivity contribution >= 4 is 11.9 Å². The molecule has 0 aromatic carbocycles. The van der Waals surface area contributed by atoms with E-state index in [0.717, 1.165) is 11.2 Å². The lowest BCUT2D eigenvalue weighted by Gasteiger charge is -2.17. The van der Waals surface area contributed by atoms with Gasteiger partial charge in [-0.15, -0.1) is 0 Å². The van der Waals surface area contributed by atoms with E-state index in [1.807, 2.05) is 6.92 Å². The van der Waals surface area contributed by atoms with E-state index in [4.69, 9.17) is 5.11 Å². The van der Waals surface area contributed by atoms with Crippen molar-refractivity contribution in [1.29, 1.82) is 0 Å². The standard InChI is InChI=1S/C9H17N3O3/c1-4-5-7(9(14)15)6-8(13)12(10-2)11-3/h6,10-11H,4-5H2,1-3H3,(H,14,15)/b7-6-. The van der Waals surface area contributed by atoms with E-state index in [1.165, 1.54) is 0 Å². The van der Waals surface area contributed by atoms with Crippen LogP contribution in [0, 0.1) is 0 Å². The maximum Gasteiger partial charge on any atom is 0.331 e. The van der Waals surface area contributed by atoms with Crippen molar-refractivity contribution in [3.05, 3.63) is 11.6 Å². The van der Waals surface area contributed by atoms with Gasteiger partial charge >= 0.3 is 5.97 Å². The first-order chi connectivity index (χ1) is 7.06. The van der Waals surface area contributed by atoms with E-state index in [2.05, 4.69) is 10.9 Å². The Kier molecular flexibility index (Phi) is 6.32. The molecular weight excluding hydrogens is 198 g/mol. The molecule has 0 saturated heterocycles. The topological polar surface area (TPSA) is 81.7 Å². The highest BCUT2D eigenvalue weighted by atomic mass is 16.4. The number of hydrogen-bond acceptors (Lipinski definition) is 4. The smallest absolute Gasteiger partial charge is 0.331 e. The quantitative estimate of drug-likeness (QED) is 0.425. The number of amides is 1. The van der Waals surface area contributed by atoms with E-state index >= 15 is 0 Å². The summed E-state index contributed by atoms with van der Waals surface area (Å²) in [6, 6.07) is 0. The molecule has 0 rings (SSSR count). The number of hydrogen-bond donors (Lipinski definition) is 3. The molecule has 0 atom stereocenters. The van der Waals surface area contributed by atoms with Crippen LogP contribution in [0.15, 0.2) is 11.6 Å². The Bertz CT molecular complexity index is 259. The minimum Gasteiger partial charge on any atom is -0.478 e. The molecule has 0 aliphatic rings. The number of carbonyl (C=O) groups excluding carboxylic acids is 1. The number of carboxylic acid groups (broad SMARTS) is 1. The van der Waals surface area contributed by atoms with Crippen LogP contribution in [-0.2, 0) is 9.59 Å². The van der Waals surface area contributed by atoms with Crippen molar-refractivity contribution in [3.8, 4) is 0 Å². The van der Waals surface area contributed by atoms with E-state index in [-0.39, 0.29) is 5.57 Å². The summed E-state index contributed by atoms with van der Waals surface area (Å²) in [7, 11) is 3.12. The van der Waals surface area contributed by atoms with Gasteiger partial charge in [-0.05, 0) is 6.42 Å². The molecule has 0 aromatic rings. The van der Waals surface area contributed by atoms with Gasteiger partial charge in [-0.2, -0.15) is 0 Å². The third kappa shape index (κ3) is 4.57. The molecule has 0 heterocycles. The Morgan fingerprint density at radius 1 is 1.33 bits per heavy atom. The van der Waals surface area contributed by atoms with Gasteiger partial charge in [0.2, 0.25) is 0 Å². The molecule has 0 unspecified atom stereocenters. The van der Waals surface area contributed by atoms with Gasteiger partial charge in [0, 0.05) is 25.7 Å². The molecule has 0 bridgehead atoms. The third-order valence-corrected chi connectivity index (χ3v) is 1.76. The molecule has 6 nitrogen and oxygen atoms in total. The molecule has 3 N–H and O–H groups in total. The van der Waals surface area contributed by atoms with Gasteiger partial charge < -0.3 is 5.11 Å². The van der Waals surface area contributed by atoms with Gasteiger partial charge in [0.15, 0.2) is 0 Å². The van der Waals surface area contributed by atoms with E-state index in [1.54, 1.807) is 14.1 Å². The van der Waals surface area contributed by atoms with Gasteiger partial charge in [0.25, 0.3) is 5.91 Å². The molecule has 6 heteroatoms. The summed E-state index contributed by atoms with van der Waals surface area (Å²) in [6.45, 7) is 1.86. The number of rotatable bonds is 6. The van der Waals surface area contributed by atoms with Gasteiger partial charge in [0.1, 0.15) is 0 Å². The first-order valence-electron chi connectivity index (χ1n) is 4.69. The first kappa shape index (κ1) is 13.6. The van der Waals surface area contributed by atoms with Crippen LogP contribution in [0.3, 0.4) is 0 Å². The number of aliphatic carboxylic acids is 1. The first-order valence-corrected chi connectivity index (χ1v) is 4.69. The van der Waals surface area contributed by atoms with Crippen molar-refractivity contribution in [2.75, 3.05) is 14.1 Å². The molecule has 0 spiro atoms. The van der Waals surface area contributed by atoms with Crippen LogP contribution in [0.5, 0.6) is 0 Å². The fraction of sp³-hybridized carbons (Fsp3) is 0.556. The summed E-state index contributed by atoms with van der Waals surface area (Å²) in [5.74, 6) is -1.50. The Labute approximate surface area is 88.9 Å². The SMILES string of the molecule is CCC/C(=C/C(=O)N(NC)NC)C(=O)O. The van der Waals surface area contributed by atoms with E-state index in [9.17, 15) is 9.59 Å². The Hall–Kier alpha value is -1.40. The summed E-state index contributed by atoms with van der Waals surface area (Å²) < 4.78 is 0. The van der Waals surface area contributed by atoms with Gasteiger partial charge in [-0.25, -0.2) is 20.8 Å². The molecule has 15 heavy (non-hydrogen) atoms. The highest BCUT2D eigenvalue weighted by Crippen LogP contribution is 2.05. The third-order valence-electron chi connectivity index (χ3n) is 1.76. The fourth-order valence-corrected chi connectivity index (χ4v) is 1.06. The lowest BCUT2D eigenvalue weighted by molar-refractivity contribution is -0.135. The minimum atomic E-state index is -1.06. The van der Waals surface area contributed by atoms with E-state index in [0.29, 0.717) is 12.8 Å². The fourth-order valence-electron chi connectivity index (χ4n) is 1.06. The molecule has 86 valence electrons. The molecule has 0 aromatic heterocycles. The molecule has 0 radical (unpaired) electrons. The predicted octanol–water partition coefficient (Wildman–Crippen LogP) is -0.105. The van der Waals surface area contributed by atoms with Crippen LogP contribution in [0.2, 0.25) is 0 Å². The zero-order valence-corrected chi connectivity index (χ0v) is 9.20. The van der Waals surface area contributed by atoms with Crippen molar-refractivity contribution in [2.24, 2.45) is 0 Å². The molecule has 0 aliphatic carbocycles. The summed E-state index contributed by atoms with van der Waals surface area (Å²) in [6.07, 6.45) is 2.17. The molecule has 0 fully saturated rings. The number of carboxylic acids is 1. The van der Waals surface area contributed by atoms with Crippen LogP contribution >= 0.6 is 0 Å². The molecular formula is C9H17N3O3. The highest BCUT2D eigenvalue weighted by Gasteiger charge is 2.12. The van der Waals surface area contributed by atoms with Crippen molar-refractivity contribution in [3.63, 3.8) is 0 Å². The summed E-state index contributed by atoms with van der Waals surface area (Å²) in [5.41, 5.74) is 5.26.